The van der Waals surface area contributed by atoms with Gasteiger partial charge in [-0.25, -0.2) is 0 Å². The summed E-state index contributed by atoms with van der Waals surface area (Å²) >= 11 is 5.66. The highest BCUT2D eigenvalue weighted by atomic mass is 32.1. The summed E-state index contributed by atoms with van der Waals surface area (Å²) in [5.41, 5.74) is 3.03. The lowest BCUT2D eigenvalue weighted by Crippen LogP contribution is -2.32. The number of hydrogen-bond acceptors (Lipinski definition) is 1. The van der Waals surface area contributed by atoms with Gasteiger partial charge in [0.2, 0.25) is 0 Å². The molecule has 0 amide bonds. The van der Waals surface area contributed by atoms with E-state index in [4.69, 9.17) is 12.2 Å². The van der Waals surface area contributed by atoms with Crippen molar-refractivity contribution in [2.45, 2.75) is 39.5 Å². The lowest BCUT2D eigenvalue weighted by atomic mass is 9.70. The van der Waals surface area contributed by atoms with Gasteiger partial charge in [-0.1, -0.05) is 56.8 Å². The SMILES string of the molecule is CCCC1(C)CCc2ccccc2C1=S. The molecule has 0 aliphatic heterocycles. The van der Waals surface area contributed by atoms with Gasteiger partial charge in [-0.3, -0.25) is 0 Å². The number of thiocarbonyl (C=S) groups is 1. The summed E-state index contributed by atoms with van der Waals surface area (Å²) in [4.78, 5) is 1.19. The van der Waals surface area contributed by atoms with Crippen molar-refractivity contribution < 1.29 is 0 Å². The summed E-state index contributed by atoms with van der Waals surface area (Å²) in [5, 5.41) is 0. The first kappa shape index (κ1) is 10.8. The van der Waals surface area contributed by atoms with Gasteiger partial charge in [0.15, 0.2) is 0 Å². The highest BCUT2D eigenvalue weighted by Crippen LogP contribution is 2.39. The zero-order chi connectivity index (χ0) is 10.9. The van der Waals surface area contributed by atoms with Crippen molar-refractivity contribution in [3.8, 4) is 0 Å². The molecule has 0 fully saturated rings. The van der Waals surface area contributed by atoms with E-state index in [2.05, 4.69) is 38.1 Å². The average molecular weight is 218 g/mol. The molecule has 80 valence electrons. The first-order chi connectivity index (χ1) is 7.17. The van der Waals surface area contributed by atoms with Gasteiger partial charge in [-0.15, -0.1) is 0 Å². The van der Waals surface area contributed by atoms with Crippen LogP contribution in [0.15, 0.2) is 24.3 Å². The molecule has 0 spiro atoms. The lowest BCUT2D eigenvalue weighted by Gasteiger charge is -2.35. The standard InChI is InChI=1S/C14H18S/c1-3-9-14(2)10-8-11-6-4-5-7-12(11)13(14)15/h4-7H,3,8-10H2,1-2H3. The van der Waals surface area contributed by atoms with Crippen LogP contribution in [0.4, 0.5) is 0 Å². The van der Waals surface area contributed by atoms with Crippen LogP contribution in [0.1, 0.15) is 44.2 Å². The molecule has 0 heterocycles. The van der Waals surface area contributed by atoms with Crippen LogP contribution >= 0.6 is 12.2 Å². The molecular weight excluding hydrogens is 200 g/mol. The van der Waals surface area contributed by atoms with Gasteiger partial charge in [0.05, 0.1) is 0 Å². The second-order valence-electron chi connectivity index (χ2n) is 4.80. The van der Waals surface area contributed by atoms with E-state index in [0.717, 1.165) is 0 Å². The molecule has 2 rings (SSSR count). The van der Waals surface area contributed by atoms with Crippen molar-refractivity contribution in [1.29, 1.82) is 0 Å². The molecule has 1 atom stereocenters. The Bertz CT molecular complexity index is 381. The van der Waals surface area contributed by atoms with Crippen LogP contribution in [0.25, 0.3) is 0 Å². The fourth-order valence-corrected chi connectivity index (χ4v) is 3.00. The Morgan fingerprint density at radius 1 is 1.33 bits per heavy atom. The number of fused-ring (bicyclic) bond motifs is 1. The Hall–Kier alpha value is -0.690. The van der Waals surface area contributed by atoms with E-state index in [1.54, 1.807) is 0 Å². The van der Waals surface area contributed by atoms with Gasteiger partial charge in [0.1, 0.15) is 0 Å². The van der Waals surface area contributed by atoms with E-state index < -0.39 is 0 Å². The molecule has 0 nitrogen and oxygen atoms in total. The molecule has 0 saturated carbocycles. The molecule has 0 aromatic heterocycles. The first-order valence-electron chi connectivity index (χ1n) is 5.80. The Morgan fingerprint density at radius 2 is 2.07 bits per heavy atom. The summed E-state index contributed by atoms with van der Waals surface area (Å²) < 4.78 is 0. The maximum Gasteiger partial charge on any atom is 0.0286 e. The molecular formula is C14H18S. The topological polar surface area (TPSA) is 0 Å². The van der Waals surface area contributed by atoms with Crippen LogP contribution in [0, 0.1) is 5.41 Å². The Labute approximate surface area is 97.7 Å². The van der Waals surface area contributed by atoms with Crippen molar-refractivity contribution >= 4 is 17.1 Å². The van der Waals surface area contributed by atoms with Crippen LogP contribution < -0.4 is 0 Å². The van der Waals surface area contributed by atoms with E-state index in [0.29, 0.717) is 0 Å². The second-order valence-corrected chi connectivity index (χ2v) is 5.21. The second kappa shape index (κ2) is 4.05. The maximum absolute atomic E-state index is 5.66. The van der Waals surface area contributed by atoms with Crippen molar-refractivity contribution in [2.24, 2.45) is 5.41 Å². The summed E-state index contributed by atoms with van der Waals surface area (Å²) in [7, 11) is 0. The summed E-state index contributed by atoms with van der Waals surface area (Å²) in [5.74, 6) is 0. The molecule has 0 N–H and O–H groups in total. The van der Waals surface area contributed by atoms with E-state index in [1.165, 1.54) is 41.7 Å². The van der Waals surface area contributed by atoms with Crippen LogP contribution in [-0.2, 0) is 6.42 Å². The molecule has 1 aliphatic rings. The first-order valence-corrected chi connectivity index (χ1v) is 6.21. The molecule has 1 aromatic rings. The van der Waals surface area contributed by atoms with Gasteiger partial charge < -0.3 is 0 Å². The summed E-state index contributed by atoms with van der Waals surface area (Å²) in [6, 6.07) is 8.62. The molecule has 1 aromatic carbocycles. The van der Waals surface area contributed by atoms with Gasteiger partial charge in [0.25, 0.3) is 0 Å². The molecule has 0 radical (unpaired) electrons. The lowest BCUT2D eigenvalue weighted by molar-refractivity contribution is 0.388. The minimum atomic E-state index is 0.262. The maximum atomic E-state index is 5.66. The van der Waals surface area contributed by atoms with E-state index in [-0.39, 0.29) is 5.41 Å². The van der Waals surface area contributed by atoms with E-state index in [1.807, 2.05) is 0 Å². The Kier molecular flexibility index (Phi) is 2.92. The Balaban J connectivity index is 2.37. The van der Waals surface area contributed by atoms with Crippen LogP contribution in [0.5, 0.6) is 0 Å². The minimum absolute atomic E-state index is 0.262. The molecule has 0 saturated heterocycles. The third-order valence-electron chi connectivity index (χ3n) is 3.56. The van der Waals surface area contributed by atoms with Crippen molar-refractivity contribution in [3.63, 3.8) is 0 Å². The van der Waals surface area contributed by atoms with Crippen molar-refractivity contribution in [1.82, 2.24) is 0 Å². The van der Waals surface area contributed by atoms with Crippen molar-refractivity contribution in [3.05, 3.63) is 35.4 Å². The van der Waals surface area contributed by atoms with Crippen molar-refractivity contribution in [2.75, 3.05) is 0 Å². The minimum Gasteiger partial charge on any atom is -0.0837 e. The predicted octanol–water partition coefficient (Wildman–Crippen LogP) is 4.16. The number of benzene rings is 1. The van der Waals surface area contributed by atoms with Gasteiger partial charge in [-0.2, -0.15) is 0 Å². The number of hydrogen-bond donors (Lipinski definition) is 0. The normalized spacial score (nSPS) is 25.1. The van der Waals surface area contributed by atoms with Gasteiger partial charge >= 0.3 is 0 Å². The smallest absolute Gasteiger partial charge is 0.0286 e. The molecule has 15 heavy (non-hydrogen) atoms. The van der Waals surface area contributed by atoms with Crippen LogP contribution in [-0.4, -0.2) is 4.86 Å². The number of aryl methyl sites for hydroxylation is 1. The third-order valence-corrected chi connectivity index (χ3v) is 4.27. The van der Waals surface area contributed by atoms with Gasteiger partial charge in [-0.05, 0) is 30.4 Å². The van der Waals surface area contributed by atoms with Crippen LogP contribution in [0.3, 0.4) is 0 Å². The number of rotatable bonds is 2. The van der Waals surface area contributed by atoms with Crippen LogP contribution in [0.2, 0.25) is 0 Å². The highest BCUT2D eigenvalue weighted by Gasteiger charge is 2.33. The largest absolute Gasteiger partial charge is 0.0837 e. The zero-order valence-corrected chi connectivity index (χ0v) is 10.4. The fraction of sp³-hybridized carbons (Fsp3) is 0.500. The zero-order valence-electron chi connectivity index (χ0n) is 9.55. The molecule has 0 bridgehead atoms. The summed E-state index contributed by atoms with van der Waals surface area (Å²) in [6.45, 7) is 4.57. The van der Waals surface area contributed by atoms with E-state index >= 15 is 0 Å². The Morgan fingerprint density at radius 3 is 2.80 bits per heavy atom. The quantitative estimate of drug-likeness (QED) is 0.672. The summed E-state index contributed by atoms with van der Waals surface area (Å²) in [6.07, 6.45) is 4.85. The fourth-order valence-electron chi connectivity index (χ4n) is 2.60. The highest BCUT2D eigenvalue weighted by molar-refractivity contribution is 7.81. The molecule has 1 aliphatic carbocycles. The van der Waals surface area contributed by atoms with E-state index in [9.17, 15) is 0 Å². The molecule has 1 unspecified atom stereocenters. The molecule has 1 heteroatoms. The predicted molar refractivity (Wildman–Crippen MR) is 69.5 cm³/mol. The monoisotopic (exact) mass is 218 g/mol. The van der Waals surface area contributed by atoms with Gasteiger partial charge in [0, 0.05) is 10.3 Å². The third kappa shape index (κ3) is 1.85. The average Bonchev–Trinajstić information content (AvgIpc) is 2.25.